The van der Waals surface area contributed by atoms with Gasteiger partial charge in [-0.2, -0.15) is 0 Å². The highest BCUT2D eigenvalue weighted by Crippen LogP contribution is 2.46. The molecule has 0 saturated heterocycles. The molecule has 0 heterocycles. The fourth-order valence-electron chi connectivity index (χ4n) is 2.62. The minimum absolute atomic E-state index is 0.0696. The van der Waals surface area contributed by atoms with Crippen molar-refractivity contribution in [1.29, 1.82) is 0 Å². The van der Waals surface area contributed by atoms with Crippen molar-refractivity contribution in [3.63, 3.8) is 0 Å². The van der Waals surface area contributed by atoms with Crippen molar-refractivity contribution in [3.8, 4) is 22.6 Å². The quantitative estimate of drug-likeness (QED) is 0.510. The minimum atomic E-state index is 0.0696. The third-order valence-corrected chi connectivity index (χ3v) is 3.65. The Labute approximate surface area is 118 Å². The molecule has 2 rings (SSSR count). The molecule has 0 bridgehead atoms. The number of hydrogen-bond donors (Lipinski definition) is 4. The minimum Gasteiger partial charge on any atom is -0.507 e. The molecule has 106 valence electrons. The molecule has 0 amide bonds. The molecule has 0 fully saturated rings. The lowest BCUT2D eigenvalue weighted by Crippen LogP contribution is -2.06. The number of aromatic hydroxyl groups is 2. The molecule has 4 nitrogen and oxygen atoms in total. The van der Waals surface area contributed by atoms with Crippen LogP contribution in [0.1, 0.15) is 25.0 Å². The number of nitrogens with two attached hydrogens (primary N) is 2. The topological polar surface area (TPSA) is 92.5 Å². The zero-order valence-corrected chi connectivity index (χ0v) is 11.8. The lowest BCUT2D eigenvalue weighted by atomic mass is 9.91. The fraction of sp³-hybridized carbons (Fsp3) is 0.250. The third kappa shape index (κ3) is 2.03. The smallest absolute Gasteiger partial charge is 0.129 e. The molecule has 0 aliphatic carbocycles. The Bertz CT molecular complexity index is 651. The molecule has 2 aromatic carbocycles. The summed E-state index contributed by atoms with van der Waals surface area (Å²) in [5.41, 5.74) is 15.6. The first kappa shape index (κ1) is 14.1. The molecule has 20 heavy (non-hydrogen) atoms. The summed E-state index contributed by atoms with van der Waals surface area (Å²) in [6, 6.07) is 6.77. The number of phenols is 2. The van der Waals surface area contributed by atoms with Gasteiger partial charge in [0.05, 0.1) is 16.9 Å². The molecule has 0 aromatic heterocycles. The summed E-state index contributed by atoms with van der Waals surface area (Å²) in [4.78, 5) is 0. The van der Waals surface area contributed by atoms with E-state index < -0.39 is 0 Å². The maximum atomic E-state index is 10.5. The second-order valence-corrected chi connectivity index (χ2v) is 4.73. The molecule has 0 radical (unpaired) electrons. The van der Waals surface area contributed by atoms with Crippen molar-refractivity contribution in [1.82, 2.24) is 0 Å². The second kappa shape index (κ2) is 5.33. The Kier molecular flexibility index (Phi) is 3.74. The van der Waals surface area contributed by atoms with Gasteiger partial charge in [0.1, 0.15) is 11.5 Å². The average Bonchev–Trinajstić information content (AvgIpc) is 2.44. The zero-order valence-electron chi connectivity index (χ0n) is 11.8. The first-order valence-electron chi connectivity index (χ1n) is 6.72. The number of benzene rings is 2. The van der Waals surface area contributed by atoms with Crippen LogP contribution in [0.4, 0.5) is 11.4 Å². The highest BCUT2D eigenvalue weighted by atomic mass is 16.3. The van der Waals surface area contributed by atoms with Gasteiger partial charge < -0.3 is 21.7 Å². The van der Waals surface area contributed by atoms with Crippen molar-refractivity contribution in [2.24, 2.45) is 0 Å². The molecule has 0 saturated carbocycles. The van der Waals surface area contributed by atoms with Crippen LogP contribution in [0.2, 0.25) is 0 Å². The number of para-hydroxylation sites is 1. The van der Waals surface area contributed by atoms with Crippen LogP contribution in [0.15, 0.2) is 24.3 Å². The van der Waals surface area contributed by atoms with Crippen LogP contribution in [-0.2, 0) is 12.8 Å². The van der Waals surface area contributed by atoms with E-state index in [9.17, 15) is 10.2 Å². The monoisotopic (exact) mass is 272 g/mol. The van der Waals surface area contributed by atoms with Crippen LogP contribution in [0, 0.1) is 0 Å². The second-order valence-electron chi connectivity index (χ2n) is 4.73. The van der Waals surface area contributed by atoms with Gasteiger partial charge in [-0.1, -0.05) is 32.0 Å². The van der Waals surface area contributed by atoms with E-state index in [1.54, 1.807) is 24.3 Å². The lowest BCUT2D eigenvalue weighted by Gasteiger charge is -2.19. The van der Waals surface area contributed by atoms with Gasteiger partial charge in [0.2, 0.25) is 0 Å². The van der Waals surface area contributed by atoms with Gasteiger partial charge in [-0.15, -0.1) is 0 Å². The van der Waals surface area contributed by atoms with Crippen LogP contribution in [-0.4, -0.2) is 10.2 Å². The van der Waals surface area contributed by atoms with E-state index in [0.29, 0.717) is 35.3 Å². The van der Waals surface area contributed by atoms with Gasteiger partial charge in [-0.25, -0.2) is 0 Å². The average molecular weight is 272 g/mol. The first-order valence-corrected chi connectivity index (χ1v) is 6.72. The fourth-order valence-corrected chi connectivity index (χ4v) is 2.62. The van der Waals surface area contributed by atoms with E-state index in [4.69, 9.17) is 11.5 Å². The normalized spacial score (nSPS) is 10.7. The van der Waals surface area contributed by atoms with Crippen LogP contribution in [0.3, 0.4) is 0 Å². The van der Waals surface area contributed by atoms with Gasteiger partial charge in [0.15, 0.2) is 0 Å². The van der Waals surface area contributed by atoms with Crippen LogP contribution in [0.5, 0.6) is 11.5 Å². The number of rotatable bonds is 3. The van der Waals surface area contributed by atoms with E-state index in [-0.39, 0.29) is 11.5 Å². The molecule has 0 unspecified atom stereocenters. The van der Waals surface area contributed by atoms with Gasteiger partial charge >= 0.3 is 0 Å². The van der Waals surface area contributed by atoms with Crippen molar-refractivity contribution < 1.29 is 10.2 Å². The van der Waals surface area contributed by atoms with Crippen molar-refractivity contribution in [2.45, 2.75) is 26.7 Å². The van der Waals surface area contributed by atoms with Crippen molar-refractivity contribution in [2.75, 3.05) is 11.5 Å². The molecule has 4 heteroatoms. The predicted octanol–water partition coefficient (Wildman–Crippen LogP) is 3.05. The Morgan fingerprint density at radius 1 is 0.900 bits per heavy atom. The highest BCUT2D eigenvalue weighted by Gasteiger charge is 2.21. The Morgan fingerprint density at radius 2 is 1.50 bits per heavy atom. The molecular weight excluding hydrogens is 252 g/mol. The lowest BCUT2D eigenvalue weighted by molar-refractivity contribution is 0.465. The van der Waals surface area contributed by atoms with Gasteiger partial charge in [-0.3, -0.25) is 0 Å². The van der Waals surface area contributed by atoms with Crippen LogP contribution >= 0.6 is 0 Å². The largest absolute Gasteiger partial charge is 0.507 e. The third-order valence-electron chi connectivity index (χ3n) is 3.65. The van der Waals surface area contributed by atoms with E-state index in [2.05, 4.69) is 0 Å². The molecule has 2 aromatic rings. The summed E-state index contributed by atoms with van der Waals surface area (Å²) < 4.78 is 0. The Morgan fingerprint density at radius 3 is 2.05 bits per heavy atom. The number of phenolic OH excluding ortho intramolecular Hbond substituents is 2. The number of hydrogen-bond acceptors (Lipinski definition) is 4. The summed E-state index contributed by atoms with van der Waals surface area (Å²) in [6.07, 6.45) is 1.36. The Balaban J connectivity index is 2.85. The van der Waals surface area contributed by atoms with Crippen LogP contribution < -0.4 is 11.5 Å². The number of nitrogen functional groups attached to an aromatic ring is 2. The standard InChI is InChI=1S/C16H20N2O2/c1-3-9-10(4-2)16(20)13(15(18)14(9)17)11-7-5-6-8-12(11)19/h5-8,19-20H,3-4,17-18H2,1-2H3. The van der Waals surface area contributed by atoms with E-state index in [1.165, 1.54) is 0 Å². The van der Waals surface area contributed by atoms with Crippen molar-refractivity contribution in [3.05, 3.63) is 35.4 Å². The van der Waals surface area contributed by atoms with Crippen molar-refractivity contribution >= 4 is 11.4 Å². The molecule has 0 atom stereocenters. The summed E-state index contributed by atoms with van der Waals surface area (Å²) in [5, 5.41) is 20.5. The van der Waals surface area contributed by atoms with E-state index >= 15 is 0 Å². The maximum Gasteiger partial charge on any atom is 0.129 e. The Hall–Kier alpha value is -2.36. The predicted molar refractivity (Wildman–Crippen MR) is 82.8 cm³/mol. The summed E-state index contributed by atoms with van der Waals surface area (Å²) in [6.45, 7) is 3.93. The van der Waals surface area contributed by atoms with Gasteiger partial charge in [0, 0.05) is 5.56 Å². The molecular formula is C16H20N2O2. The van der Waals surface area contributed by atoms with Crippen LogP contribution in [0.25, 0.3) is 11.1 Å². The van der Waals surface area contributed by atoms with Gasteiger partial charge in [-0.05, 0) is 30.0 Å². The first-order chi connectivity index (χ1) is 9.52. The maximum absolute atomic E-state index is 10.5. The summed E-state index contributed by atoms with van der Waals surface area (Å²) in [7, 11) is 0. The summed E-state index contributed by atoms with van der Waals surface area (Å²) in [5.74, 6) is 0.178. The van der Waals surface area contributed by atoms with E-state index in [0.717, 1.165) is 11.1 Å². The molecule has 0 aliphatic heterocycles. The molecule has 6 N–H and O–H groups in total. The van der Waals surface area contributed by atoms with Gasteiger partial charge in [0.25, 0.3) is 0 Å². The zero-order chi connectivity index (χ0) is 14.9. The number of anilines is 2. The van der Waals surface area contributed by atoms with E-state index in [1.807, 2.05) is 13.8 Å². The SMILES string of the molecule is CCc1c(N)c(N)c(-c2ccccc2O)c(O)c1CC. The molecule has 0 aliphatic rings. The summed E-state index contributed by atoms with van der Waals surface area (Å²) >= 11 is 0. The highest BCUT2D eigenvalue weighted by molar-refractivity contribution is 5.93. The molecule has 0 spiro atoms.